The van der Waals surface area contributed by atoms with Gasteiger partial charge in [0.2, 0.25) is 0 Å². The molecule has 1 aromatic carbocycles. The normalized spacial score (nSPS) is 8.53. The minimum Gasteiger partial charge on any atom is -0.494 e. The SMILES string of the molecule is CCOc1ccc(C)cc1.COC(C)=O. The van der Waals surface area contributed by atoms with Gasteiger partial charge in [0, 0.05) is 6.92 Å². The molecular weight excluding hydrogens is 192 g/mol. The van der Waals surface area contributed by atoms with E-state index in [0.29, 0.717) is 0 Å². The fraction of sp³-hybridized carbons (Fsp3) is 0.417. The van der Waals surface area contributed by atoms with Gasteiger partial charge in [0.25, 0.3) is 0 Å². The van der Waals surface area contributed by atoms with Crippen LogP contribution in [0.4, 0.5) is 0 Å². The number of esters is 1. The molecule has 0 bridgehead atoms. The zero-order valence-corrected chi connectivity index (χ0v) is 9.74. The van der Waals surface area contributed by atoms with E-state index in [1.165, 1.54) is 19.6 Å². The average molecular weight is 210 g/mol. The Morgan fingerprint density at radius 2 is 1.73 bits per heavy atom. The smallest absolute Gasteiger partial charge is 0.302 e. The highest BCUT2D eigenvalue weighted by molar-refractivity contribution is 5.65. The Kier molecular flexibility index (Phi) is 7.06. The number of aryl methyl sites for hydroxylation is 1. The minimum atomic E-state index is -0.245. The molecule has 0 N–H and O–H groups in total. The number of methoxy groups -OCH3 is 1. The van der Waals surface area contributed by atoms with Gasteiger partial charge in [-0.3, -0.25) is 4.79 Å². The van der Waals surface area contributed by atoms with Crippen LogP contribution in [0.25, 0.3) is 0 Å². The third kappa shape index (κ3) is 7.55. The molecule has 0 radical (unpaired) electrons. The summed E-state index contributed by atoms with van der Waals surface area (Å²) in [5, 5.41) is 0. The predicted molar refractivity (Wildman–Crippen MR) is 60.0 cm³/mol. The van der Waals surface area contributed by atoms with E-state index in [2.05, 4.69) is 11.7 Å². The standard InChI is InChI=1S/C9H12O.C3H6O2/c1-3-10-9-6-4-8(2)5-7-9;1-3(4)5-2/h4-7H,3H2,1-2H3;1-2H3. The molecule has 0 aliphatic carbocycles. The Labute approximate surface area is 91.0 Å². The minimum absolute atomic E-state index is 0.245. The van der Waals surface area contributed by atoms with E-state index in [4.69, 9.17) is 4.74 Å². The zero-order chi connectivity index (χ0) is 11.7. The lowest BCUT2D eigenvalue weighted by molar-refractivity contribution is -0.137. The van der Waals surface area contributed by atoms with Crippen molar-refractivity contribution in [2.24, 2.45) is 0 Å². The van der Waals surface area contributed by atoms with Gasteiger partial charge in [0.05, 0.1) is 13.7 Å². The van der Waals surface area contributed by atoms with E-state index in [1.54, 1.807) is 0 Å². The highest BCUT2D eigenvalue weighted by Gasteiger charge is 1.87. The molecule has 0 unspecified atom stereocenters. The van der Waals surface area contributed by atoms with Crippen LogP contribution in [0, 0.1) is 6.92 Å². The summed E-state index contributed by atoms with van der Waals surface area (Å²) in [5.74, 6) is 0.707. The van der Waals surface area contributed by atoms with Crippen LogP contribution in [0.5, 0.6) is 5.75 Å². The summed E-state index contributed by atoms with van der Waals surface area (Å²) in [4.78, 5) is 9.59. The van der Waals surface area contributed by atoms with Crippen LogP contribution < -0.4 is 4.74 Å². The number of benzene rings is 1. The third-order valence-electron chi connectivity index (χ3n) is 1.62. The summed E-state index contributed by atoms with van der Waals surface area (Å²) >= 11 is 0. The molecule has 15 heavy (non-hydrogen) atoms. The van der Waals surface area contributed by atoms with Crippen LogP contribution in [-0.4, -0.2) is 19.7 Å². The number of hydrogen-bond donors (Lipinski definition) is 0. The van der Waals surface area contributed by atoms with E-state index in [-0.39, 0.29) is 5.97 Å². The summed E-state index contributed by atoms with van der Waals surface area (Å²) in [6, 6.07) is 8.06. The Hall–Kier alpha value is -1.51. The van der Waals surface area contributed by atoms with Gasteiger partial charge in [-0.15, -0.1) is 0 Å². The van der Waals surface area contributed by atoms with Crippen LogP contribution >= 0.6 is 0 Å². The lowest BCUT2D eigenvalue weighted by atomic mass is 10.2. The van der Waals surface area contributed by atoms with Gasteiger partial charge in [-0.1, -0.05) is 17.7 Å². The monoisotopic (exact) mass is 210 g/mol. The summed E-state index contributed by atoms with van der Waals surface area (Å²) in [7, 11) is 1.35. The highest BCUT2D eigenvalue weighted by atomic mass is 16.5. The molecule has 1 rings (SSSR count). The molecule has 84 valence electrons. The Balaban J connectivity index is 0.000000336. The number of rotatable bonds is 2. The summed E-state index contributed by atoms with van der Waals surface area (Å²) in [5.41, 5.74) is 1.27. The molecule has 0 saturated carbocycles. The van der Waals surface area contributed by atoms with Crippen molar-refractivity contribution in [3.8, 4) is 5.75 Å². The van der Waals surface area contributed by atoms with Crippen molar-refractivity contribution in [2.75, 3.05) is 13.7 Å². The first-order valence-corrected chi connectivity index (χ1v) is 4.84. The maximum Gasteiger partial charge on any atom is 0.302 e. The maximum atomic E-state index is 9.59. The molecule has 0 amide bonds. The average Bonchev–Trinajstić information content (AvgIpc) is 2.23. The van der Waals surface area contributed by atoms with Gasteiger partial charge in [0.15, 0.2) is 0 Å². The Morgan fingerprint density at radius 1 is 1.27 bits per heavy atom. The van der Waals surface area contributed by atoms with E-state index in [9.17, 15) is 4.79 Å². The first-order valence-electron chi connectivity index (χ1n) is 4.84. The van der Waals surface area contributed by atoms with Crippen LogP contribution in [0.15, 0.2) is 24.3 Å². The first-order chi connectivity index (χ1) is 7.10. The molecule has 0 atom stereocenters. The van der Waals surface area contributed by atoms with Gasteiger partial charge in [-0.2, -0.15) is 0 Å². The molecule has 0 saturated heterocycles. The molecule has 0 aliphatic rings. The number of ether oxygens (including phenoxy) is 2. The van der Waals surface area contributed by atoms with Crippen molar-refractivity contribution < 1.29 is 14.3 Å². The van der Waals surface area contributed by atoms with E-state index < -0.39 is 0 Å². The van der Waals surface area contributed by atoms with E-state index in [0.717, 1.165) is 12.4 Å². The van der Waals surface area contributed by atoms with Crippen molar-refractivity contribution in [3.63, 3.8) is 0 Å². The summed E-state index contributed by atoms with van der Waals surface area (Å²) < 4.78 is 9.37. The van der Waals surface area contributed by atoms with E-state index in [1.807, 2.05) is 31.2 Å². The van der Waals surface area contributed by atoms with Gasteiger partial charge in [0.1, 0.15) is 5.75 Å². The molecule has 0 spiro atoms. The molecular formula is C12H18O3. The number of carbonyl (C=O) groups excluding carboxylic acids is 1. The topological polar surface area (TPSA) is 35.5 Å². The second kappa shape index (κ2) is 7.85. The molecule has 1 aromatic rings. The maximum absolute atomic E-state index is 9.59. The van der Waals surface area contributed by atoms with Crippen molar-refractivity contribution in [2.45, 2.75) is 20.8 Å². The zero-order valence-electron chi connectivity index (χ0n) is 9.74. The molecule has 3 heteroatoms. The summed E-state index contributed by atoms with van der Waals surface area (Å²) in [6.07, 6.45) is 0. The number of hydrogen-bond acceptors (Lipinski definition) is 3. The molecule has 0 aliphatic heterocycles. The molecule has 0 fully saturated rings. The lowest BCUT2D eigenvalue weighted by Crippen LogP contribution is -1.90. The van der Waals surface area contributed by atoms with Gasteiger partial charge < -0.3 is 9.47 Å². The van der Waals surface area contributed by atoms with Crippen LogP contribution in [0.2, 0.25) is 0 Å². The first kappa shape index (κ1) is 13.5. The van der Waals surface area contributed by atoms with Gasteiger partial charge in [-0.05, 0) is 26.0 Å². The predicted octanol–water partition coefficient (Wildman–Crippen LogP) is 2.57. The van der Waals surface area contributed by atoms with Crippen LogP contribution in [0.1, 0.15) is 19.4 Å². The van der Waals surface area contributed by atoms with E-state index >= 15 is 0 Å². The van der Waals surface area contributed by atoms with Crippen molar-refractivity contribution >= 4 is 5.97 Å². The van der Waals surface area contributed by atoms with Crippen LogP contribution in [-0.2, 0) is 9.53 Å². The lowest BCUT2D eigenvalue weighted by Gasteiger charge is -2.01. The molecule has 0 heterocycles. The van der Waals surface area contributed by atoms with Crippen molar-refractivity contribution in [1.82, 2.24) is 0 Å². The largest absolute Gasteiger partial charge is 0.494 e. The van der Waals surface area contributed by atoms with Crippen molar-refractivity contribution in [1.29, 1.82) is 0 Å². The fourth-order valence-electron chi connectivity index (χ4n) is 0.801. The Morgan fingerprint density at radius 3 is 2.07 bits per heavy atom. The molecule has 0 aromatic heterocycles. The second-order valence-electron chi connectivity index (χ2n) is 2.94. The third-order valence-corrected chi connectivity index (χ3v) is 1.62. The van der Waals surface area contributed by atoms with Crippen molar-refractivity contribution in [3.05, 3.63) is 29.8 Å². The Bertz CT molecular complexity index is 277. The molecule has 3 nitrogen and oxygen atoms in total. The van der Waals surface area contributed by atoms with Crippen LogP contribution in [0.3, 0.4) is 0 Å². The summed E-state index contributed by atoms with van der Waals surface area (Å²) in [6.45, 7) is 6.15. The van der Waals surface area contributed by atoms with Gasteiger partial charge >= 0.3 is 5.97 Å². The highest BCUT2D eigenvalue weighted by Crippen LogP contribution is 2.10. The van der Waals surface area contributed by atoms with Gasteiger partial charge in [-0.25, -0.2) is 0 Å². The fourth-order valence-corrected chi connectivity index (χ4v) is 0.801. The quantitative estimate of drug-likeness (QED) is 0.704. The number of carbonyl (C=O) groups is 1. The second-order valence-corrected chi connectivity index (χ2v) is 2.94.